The fraction of sp³-hybridized carbons (Fsp3) is 0.368. The van der Waals surface area contributed by atoms with Crippen molar-refractivity contribution in [1.29, 1.82) is 0 Å². The van der Waals surface area contributed by atoms with Crippen LogP contribution in [-0.4, -0.2) is 11.3 Å². The Labute approximate surface area is 133 Å². The summed E-state index contributed by atoms with van der Waals surface area (Å²) in [5.74, 6) is 1.06. The molecule has 112 valence electrons. The fourth-order valence-electron chi connectivity index (χ4n) is 2.16. The molecular formula is C19H25NS. The van der Waals surface area contributed by atoms with Gasteiger partial charge in [-0.15, -0.1) is 11.8 Å². The number of thioether (sulfide) groups is 1. The maximum atomic E-state index is 3.65. The molecule has 0 aliphatic heterocycles. The Hall–Kier alpha value is -1.25. The van der Waals surface area contributed by atoms with Crippen LogP contribution in [0.15, 0.2) is 60.7 Å². The first-order valence-corrected chi connectivity index (χ1v) is 8.52. The van der Waals surface area contributed by atoms with Crippen LogP contribution in [-0.2, 0) is 5.75 Å². The van der Waals surface area contributed by atoms with Gasteiger partial charge in [-0.25, -0.2) is 0 Å². The van der Waals surface area contributed by atoms with Crippen LogP contribution < -0.4 is 5.32 Å². The zero-order valence-corrected chi connectivity index (χ0v) is 14.0. The van der Waals surface area contributed by atoms with Crippen LogP contribution >= 0.6 is 11.8 Å². The molecule has 1 atom stereocenters. The van der Waals surface area contributed by atoms with Gasteiger partial charge in [0.1, 0.15) is 0 Å². The summed E-state index contributed by atoms with van der Waals surface area (Å²) in [6.07, 6.45) is 0. The van der Waals surface area contributed by atoms with Crippen molar-refractivity contribution in [3.63, 3.8) is 0 Å². The SMILES string of the molecule is CC(NCC(C)(C)SCc1ccccc1)c1ccccc1. The van der Waals surface area contributed by atoms with E-state index in [9.17, 15) is 0 Å². The molecular weight excluding hydrogens is 274 g/mol. The standard InChI is InChI=1S/C19H25NS/c1-16(18-12-8-5-9-13-18)20-15-19(2,3)21-14-17-10-6-4-7-11-17/h4-13,16,20H,14-15H2,1-3H3. The molecule has 0 aromatic heterocycles. The second-order valence-corrected chi connectivity index (χ2v) is 7.73. The second-order valence-electron chi connectivity index (χ2n) is 6.05. The minimum Gasteiger partial charge on any atom is -0.309 e. The molecule has 0 aliphatic carbocycles. The predicted molar refractivity (Wildman–Crippen MR) is 94.7 cm³/mol. The lowest BCUT2D eigenvalue weighted by atomic mass is 10.1. The first-order valence-electron chi connectivity index (χ1n) is 7.53. The maximum Gasteiger partial charge on any atom is 0.0292 e. The van der Waals surface area contributed by atoms with Gasteiger partial charge in [0.25, 0.3) is 0 Å². The van der Waals surface area contributed by atoms with E-state index in [0.29, 0.717) is 6.04 Å². The lowest BCUT2D eigenvalue weighted by Gasteiger charge is -2.27. The van der Waals surface area contributed by atoms with E-state index in [1.165, 1.54) is 11.1 Å². The molecule has 0 radical (unpaired) electrons. The molecule has 0 heterocycles. The molecule has 0 aliphatic rings. The van der Waals surface area contributed by atoms with Crippen molar-refractivity contribution in [2.45, 2.75) is 37.3 Å². The lowest BCUT2D eigenvalue weighted by Crippen LogP contribution is -2.34. The molecule has 0 saturated heterocycles. The summed E-state index contributed by atoms with van der Waals surface area (Å²) in [6.45, 7) is 7.85. The lowest BCUT2D eigenvalue weighted by molar-refractivity contribution is 0.522. The highest BCUT2D eigenvalue weighted by Gasteiger charge is 2.19. The van der Waals surface area contributed by atoms with Gasteiger partial charge in [0, 0.05) is 23.1 Å². The Bertz CT molecular complexity index is 522. The second kappa shape index (κ2) is 7.67. The van der Waals surface area contributed by atoms with E-state index in [-0.39, 0.29) is 4.75 Å². The highest BCUT2D eigenvalue weighted by Crippen LogP contribution is 2.28. The monoisotopic (exact) mass is 299 g/mol. The van der Waals surface area contributed by atoms with E-state index in [0.717, 1.165) is 12.3 Å². The summed E-state index contributed by atoms with van der Waals surface area (Å²) < 4.78 is 0.221. The Morgan fingerprint density at radius 1 is 0.952 bits per heavy atom. The molecule has 1 unspecified atom stereocenters. The first kappa shape index (κ1) is 16.1. The van der Waals surface area contributed by atoms with Crippen molar-refractivity contribution in [3.05, 3.63) is 71.8 Å². The smallest absolute Gasteiger partial charge is 0.0292 e. The van der Waals surface area contributed by atoms with Crippen LogP contribution in [0, 0.1) is 0 Å². The molecule has 2 heteroatoms. The van der Waals surface area contributed by atoms with Crippen molar-refractivity contribution < 1.29 is 0 Å². The number of rotatable bonds is 7. The predicted octanol–water partition coefficient (Wildman–Crippen LogP) is 5.05. The van der Waals surface area contributed by atoms with E-state index >= 15 is 0 Å². The molecule has 2 aromatic carbocycles. The summed E-state index contributed by atoms with van der Waals surface area (Å²) >= 11 is 2.01. The van der Waals surface area contributed by atoms with Gasteiger partial charge in [0.2, 0.25) is 0 Å². The largest absolute Gasteiger partial charge is 0.309 e. The quantitative estimate of drug-likeness (QED) is 0.768. The first-order chi connectivity index (χ1) is 10.1. The minimum atomic E-state index is 0.221. The summed E-state index contributed by atoms with van der Waals surface area (Å²) in [7, 11) is 0. The topological polar surface area (TPSA) is 12.0 Å². The molecule has 0 amide bonds. The number of hydrogen-bond donors (Lipinski definition) is 1. The van der Waals surface area contributed by atoms with Crippen LogP contribution in [0.25, 0.3) is 0 Å². The van der Waals surface area contributed by atoms with Crippen molar-refractivity contribution in [3.8, 4) is 0 Å². The molecule has 21 heavy (non-hydrogen) atoms. The van der Waals surface area contributed by atoms with Crippen LogP contribution in [0.5, 0.6) is 0 Å². The van der Waals surface area contributed by atoms with Gasteiger partial charge in [-0.05, 0) is 31.9 Å². The summed E-state index contributed by atoms with van der Waals surface area (Å²) in [4.78, 5) is 0. The third kappa shape index (κ3) is 5.56. The molecule has 0 bridgehead atoms. The Balaban J connectivity index is 1.81. The molecule has 1 nitrogen and oxygen atoms in total. The zero-order valence-electron chi connectivity index (χ0n) is 13.2. The fourth-order valence-corrected chi connectivity index (χ4v) is 3.10. The Morgan fingerprint density at radius 3 is 2.14 bits per heavy atom. The van der Waals surface area contributed by atoms with Crippen molar-refractivity contribution in [1.82, 2.24) is 5.32 Å². The average Bonchev–Trinajstić information content (AvgIpc) is 2.53. The molecule has 0 saturated carbocycles. The Kier molecular flexibility index (Phi) is 5.89. The summed E-state index contributed by atoms with van der Waals surface area (Å²) in [5.41, 5.74) is 2.74. The molecule has 0 fully saturated rings. The van der Waals surface area contributed by atoms with Gasteiger partial charge >= 0.3 is 0 Å². The van der Waals surface area contributed by atoms with Crippen molar-refractivity contribution in [2.24, 2.45) is 0 Å². The van der Waals surface area contributed by atoms with E-state index in [1.54, 1.807) is 0 Å². The van der Waals surface area contributed by atoms with Gasteiger partial charge in [0.05, 0.1) is 0 Å². The zero-order chi connectivity index (χ0) is 15.1. The molecule has 0 spiro atoms. The molecule has 2 rings (SSSR count). The molecule has 1 N–H and O–H groups in total. The van der Waals surface area contributed by atoms with Crippen LogP contribution in [0.1, 0.15) is 37.9 Å². The average molecular weight is 299 g/mol. The van der Waals surface area contributed by atoms with E-state index in [1.807, 2.05) is 11.8 Å². The highest BCUT2D eigenvalue weighted by molar-refractivity contribution is 7.99. The van der Waals surface area contributed by atoms with Crippen LogP contribution in [0.3, 0.4) is 0 Å². The minimum absolute atomic E-state index is 0.221. The maximum absolute atomic E-state index is 3.65. The number of benzene rings is 2. The van der Waals surface area contributed by atoms with Gasteiger partial charge in [0.15, 0.2) is 0 Å². The summed E-state index contributed by atoms with van der Waals surface area (Å²) in [6, 6.07) is 21.7. The number of nitrogens with one attached hydrogen (secondary N) is 1. The van der Waals surface area contributed by atoms with E-state index in [4.69, 9.17) is 0 Å². The van der Waals surface area contributed by atoms with Crippen molar-refractivity contribution in [2.75, 3.05) is 6.54 Å². The van der Waals surface area contributed by atoms with Gasteiger partial charge in [-0.1, -0.05) is 60.7 Å². The van der Waals surface area contributed by atoms with E-state index in [2.05, 4.69) is 86.8 Å². The van der Waals surface area contributed by atoms with E-state index < -0.39 is 0 Å². The summed E-state index contributed by atoms with van der Waals surface area (Å²) in [5, 5.41) is 3.65. The van der Waals surface area contributed by atoms with Crippen LogP contribution in [0.4, 0.5) is 0 Å². The van der Waals surface area contributed by atoms with Crippen molar-refractivity contribution >= 4 is 11.8 Å². The third-order valence-corrected chi connectivity index (χ3v) is 5.01. The van der Waals surface area contributed by atoms with Gasteiger partial charge in [-0.2, -0.15) is 0 Å². The normalized spacial score (nSPS) is 13.1. The van der Waals surface area contributed by atoms with Gasteiger partial charge < -0.3 is 5.32 Å². The highest BCUT2D eigenvalue weighted by atomic mass is 32.2. The van der Waals surface area contributed by atoms with Crippen LogP contribution in [0.2, 0.25) is 0 Å². The van der Waals surface area contributed by atoms with Gasteiger partial charge in [-0.3, -0.25) is 0 Å². The Morgan fingerprint density at radius 2 is 1.52 bits per heavy atom. The third-order valence-electron chi connectivity index (χ3n) is 3.61. The number of hydrogen-bond acceptors (Lipinski definition) is 2. The molecule has 2 aromatic rings.